The average molecular weight is 294 g/mol. The van der Waals surface area contributed by atoms with Crippen molar-refractivity contribution in [3.63, 3.8) is 0 Å². The first-order valence-electron chi connectivity index (χ1n) is 7.37. The molecule has 0 aliphatic heterocycles. The van der Waals surface area contributed by atoms with Gasteiger partial charge in [0.25, 0.3) is 0 Å². The third-order valence-corrected chi connectivity index (χ3v) is 3.96. The summed E-state index contributed by atoms with van der Waals surface area (Å²) in [6.45, 7) is 6.31. The highest BCUT2D eigenvalue weighted by Crippen LogP contribution is 2.35. The normalized spacial score (nSPS) is 11.6. The molecule has 0 unspecified atom stereocenters. The predicted octanol–water partition coefficient (Wildman–Crippen LogP) is 4.78. The van der Waals surface area contributed by atoms with Crippen LogP contribution in [-0.2, 0) is 9.53 Å². The molecular weight excluding hydrogens is 276 g/mol. The molecule has 3 aromatic rings. The number of rotatable bonds is 3. The van der Waals surface area contributed by atoms with Gasteiger partial charge in [-0.2, -0.15) is 0 Å². The molecule has 0 saturated heterocycles. The first kappa shape index (κ1) is 14.4. The third kappa shape index (κ3) is 2.29. The summed E-state index contributed by atoms with van der Waals surface area (Å²) in [7, 11) is 0. The summed E-state index contributed by atoms with van der Waals surface area (Å²) in [6, 6.07) is 8.29. The predicted molar refractivity (Wildman–Crippen MR) is 88.9 cm³/mol. The zero-order valence-corrected chi connectivity index (χ0v) is 13.0. The Morgan fingerprint density at radius 1 is 1.18 bits per heavy atom. The zero-order valence-electron chi connectivity index (χ0n) is 13.0. The SMILES string of the molecule is CCOC(=O)C=Cc1coc2c(C)c3ccccc3c(C)c12. The van der Waals surface area contributed by atoms with Gasteiger partial charge in [-0.25, -0.2) is 4.79 Å². The van der Waals surface area contributed by atoms with E-state index < -0.39 is 0 Å². The van der Waals surface area contributed by atoms with E-state index in [0.29, 0.717) is 6.61 Å². The quantitative estimate of drug-likeness (QED) is 0.515. The van der Waals surface area contributed by atoms with Gasteiger partial charge in [0.15, 0.2) is 0 Å². The Balaban J connectivity index is 2.20. The molecule has 0 N–H and O–H groups in total. The third-order valence-electron chi connectivity index (χ3n) is 3.96. The number of benzene rings is 2. The van der Waals surface area contributed by atoms with Gasteiger partial charge in [0.1, 0.15) is 5.58 Å². The fourth-order valence-electron chi connectivity index (χ4n) is 2.90. The summed E-state index contributed by atoms with van der Waals surface area (Å²) >= 11 is 0. The molecule has 1 heterocycles. The van der Waals surface area contributed by atoms with Gasteiger partial charge in [-0.1, -0.05) is 24.3 Å². The van der Waals surface area contributed by atoms with E-state index in [9.17, 15) is 4.79 Å². The molecule has 0 bridgehead atoms. The van der Waals surface area contributed by atoms with Crippen molar-refractivity contribution < 1.29 is 13.9 Å². The minimum Gasteiger partial charge on any atom is -0.463 e. The summed E-state index contributed by atoms with van der Waals surface area (Å²) in [4.78, 5) is 11.5. The Hall–Kier alpha value is -2.55. The molecular formula is C19H18O3. The van der Waals surface area contributed by atoms with Crippen LogP contribution in [0.1, 0.15) is 23.6 Å². The molecule has 0 amide bonds. The van der Waals surface area contributed by atoms with E-state index >= 15 is 0 Å². The van der Waals surface area contributed by atoms with Crippen LogP contribution < -0.4 is 0 Å². The second kappa shape index (κ2) is 5.68. The van der Waals surface area contributed by atoms with E-state index in [1.54, 1.807) is 19.3 Å². The molecule has 3 rings (SSSR count). The number of esters is 1. The van der Waals surface area contributed by atoms with Crippen molar-refractivity contribution in [1.29, 1.82) is 0 Å². The van der Waals surface area contributed by atoms with Gasteiger partial charge >= 0.3 is 5.97 Å². The van der Waals surface area contributed by atoms with Crippen LogP contribution in [0.4, 0.5) is 0 Å². The van der Waals surface area contributed by atoms with E-state index in [0.717, 1.165) is 27.7 Å². The minimum atomic E-state index is -0.341. The van der Waals surface area contributed by atoms with Crippen molar-refractivity contribution in [3.8, 4) is 0 Å². The average Bonchev–Trinajstić information content (AvgIpc) is 2.95. The molecule has 3 nitrogen and oxygen atoms in total. The Kier molecular flexibility index (Phi) is 3.72. The lowest BCUT2D eigenvalue weighted by molar-refractivity contribution is -0.137. The molecule has 3 heteroatoms. The molecule has 0 aliphatic carbocycles. The summed E-state index contributed by atoms with van der Waals surface area (Å²) in [5.74, 6) is -0.341. The van der Waals surface area contributed by atoms with Crippen LogP contribution in [0.15, 0.2) is 41.0 Å². The number of hydrogen-bond acceptors (Lipinski definition) is 3. The Bertz CT molecular complexity index is 884. The monoisotopic (exact) mass is 294 g/mol. The van der Waals surface area contributed by atoms with Crippen LogP contribution in [0.25, 0.3) is 27.8 Å². The van der Waals surface area contributed by atoms with Crippen LogP contribution >= 0.6 is 0 Å². The summed E-state index contributed by atoms with van der Waals surface area (Å²) in [5.41, 5.74) is 4.05. The van der Waals surface area contributed by atoms with Crippen molar-refractivity contribution >= 4 is 33.8 Å². The molecule has 0 saturated carbocycles. The molecule has 0 fully saturated rings. The molecule has 0 atom stereocenters. The van der Waals surface area contributed by atoms with Gasteiger partial charge in [0, 0.05) is 22.6 Å². The van der Waals surface area contributed by atoms with Gasteiger partial charge in [0.05, 0.1) is 12.9 Å². The smallest absolute Gasteiger partial charge is 0.330 e. The fourth-order valence-corrected chi connectivity index (χ4v) is 2.90. The van der Waals surface area contributed by atoms with Crippen LogP contribution in [0.5, 0.6) is 0 Å². The van der Waals surface area contributed by atoms with Crippen LogP contribution in [0.2, 0.25) is 0 Å². The number of aryl methyl sites for hydroxylation is 2. The highest BCUT2D eigenvalue weighted by atomic mass is 16.5. The molecule has 0 aliphatic rings. The largest absolute Gasteiger partial charge is 0.463 e. The van der Waals surface area contributed by atoms with E-state index in [4.69, 9.17) is 9.15 Å². The first-order valence-corrected chi connectivity index (χ1v) is 7.37. The van der Waals surface area contributed by atoms with Crippen molar-refractivity contribution in [2.24, 2.45) is 0 Å². The Morgan fingerprint density at radius 3 is 2.55 bits per heavy atom. The van der Waals surface area contributed by atoms with Crippen molar-refractivity contribution in [3.05, 3.63) is 53.3 Å². The maximum atomic E-state index is 11.5. The standard InChI is InChI=1S/C19H18O3/c1-4-21-17(20)10-9-14-11-22-19-13(3)16-8-6-5-7-15(16)12(2)18(14)19/h5-11H,4H2,1-3H3. The maximum absolute atomic E-state index is 11.5. The lowest BCUT2D eigenvalue weighted by Gasteiger charge is -2.08. The van der Waals surface area contributed by atoms with Crippen molar-refractivity contribution in [1.82, 2.24) is 0 Å². The Labute approximate surface area is 129 Å². The molecule has 0 radical (unpaired) electrons. The van der Waals surface area contributed by atoms with Gasteiger partial charge in [-0.05, 0) is 43.2 Å². The molecule has 22 heavy (non-hydrogen) atoms. The van der Waals surface area contributed by atoms with Crippen molar-refractivity contribution in [2.45, 2.75) is 20.8 Å². The van der Waals surface area contributed by atoms with Gasteiger partial charge in [0.2, 0.25) is 0 Å². The molecule has 0 spiro atoms. The molecule has 112 valence electrons. The lowest BCUT2D eigenvalue weighted by atomic mass is 9.95. The van der Waals surface area contributed by atoms with Crippen molar-refractivity contribution in [2.75, 3.05) is 6.61 Å². The molecule has 1 aromatic heterocycles. The van der Waals surface area contributed by atoms with Crippen LogP contribution in [-0.4, -0.2) is 12.6 Å². The zero-order chi connectivity index (χ0) is 15.7. The summed E-state index contributed by atoms with van der Waals surface area (Å²) < 4.78 is 10.7. The molecule has 2 aromatic carbocycles. The number of furan rings is 1. The highest BCUT2D eigenvalue weighted by molar-refractivity contribution is 6.06. The number of fused-ring (bicyclic) bond motifs is 2. The maximum Gasteiger partial charge on any atom is 0.330 e. The highest BCUT2D eigenvalue weighted by Gasteiger charge is 2.14. The van der Waals surface area contributed by atoms with Crippen LogP contribution in [0, 0.1) is 13.8 Å². The number of ether oxygens (including phenoxy) is 1. The van der Waals surface area contributed by atoms with Crippen LogP contribution in [0.3, 0.4) is 0 Å². The fraction of sp³-hybridized carbons (Fsp3) is 0.211. The van der Waals surface area contributed by atoms with Gasteiger partial charge in [-0.15, -0.1) is 0 Å². The summed E-state index contributed by atoms with van der Waals surface area (Å²) in [6.07, 6.45) is 4.89. The van der Waals surface area contributed by atoms with E-state index in [-0.39, 0.29) is 5.97 Å². The van der Waals surface area contributed by atoms with Gasteiger partial charge < -0.3 is 9.15 Å². The van der Waals surface area contributed by atoms with E-state index in [1.807, 2.05) is 12.1 Å². The topological polar surface area (TPSA) is 39.4 Å². The second-order valence-corrected chi connectivity index (χ2v) is 5.28. The lowest BCUT2D eigenvalue weighted by Crippen LogP contribution is -1.98. The van der Waals surface area contributed by atoms with E-state index in [2.05, 4.69) is 26.0 Å². The van der Waals surface area contributed by atoms with E-state index in [1.165, 1.54) is 16.8 Å². The first-order chi connectivity index (χ1) is 10.6. The second-order valence-electron chi connectivity index (χ2n) is 5.28. The number of hydrogen-bond donors (Lipinski definition) is 0. The number of carbonyl (C=O) groups is 1. The number of carbonyl (C=O) groups excluding carboxylic acids is 1. The summed E-state index contributed by atoms with van der Waals surface area (Å²) in [5, 5.41) is 3.46. The minimum absolute atomic E-state index is 0.341. The van der Waals surface area contributed by atoms with Gasteiger partial charge in [-0.3, -0.25) is 0 Å². The Morgan fingerprint density at radius 2 is 1.86 bits per heavy atom.